The zero-order chi connectivity index (χ0) is 35.4. The average molecular weight is 883 g/mol. The van der Waals surface area contributed by atoms with Crippen LogP contribution in [0.1, 0.15) is 12.8 Å². The normalized spacial score (nSPS) is 14.0. The SMILES string of the molecule is CN1[CH-]N(c2[c-]cc(F)cc2F)c2nccnc21.[Ir].[c-]1ccccc1N1[CH-]N(CCCCN2[CH-]N(c3[c-]cccc3)c3ncccc32)c2cccnc21. The van der Waals surface area contributed by atoms with Gasteiger partial charge in [0.05, 0.1) is 0 Å². The number of halogens is 2. The summed E-state index contributed by atoms with van der Waals surface area (Å²) in [5, 5.41) is 0. The van der Waals surface area contributed by atoms with E-state index in [0.29, 0.717) is 11.6 Å². The molecule has 53 heavy (non-hydrogen) atoms. The maximum Gasteiger partial charge on any atom is 0.144 e. The molecule has 0 N–H and O–H groups in total. The van der Waals surface area contributed by atoms with Gasteiger partial charge in [0.25, 0.3) is 0 Å². The second kappa shape index (κ2) is 15.9. The molecular weight excluding hydrogens is 851 g/mol. The molecule has 0 aliphatic carbocycles. The summed E-state index contributed by atoms with van der Waals surface area (Å²) >= 11 is 0. The monoisotopic (exact) mass is 883 g/mol. The van der Waals surface area contributed by atoms with Gasteiger partial charge in [0.1, 0.15) is 23.3 Å². The average Bonchev–Trinajstić information content (AvgIpc) is 3.86. The number of hydrogen-bond donors (Lipinski definition) is 0. The fourth-order valence-electron chi connectivity index (χ4n) is 6.26. The van der Waals surface area contributed by atoms with Crippen molar-refractivity contribution in [2.45, 2.75) is 12.8 Å². The van der Waals surface area contributed by atoms with E-state index in [1.165, 1.54) is 11.1 Å². The number of rotatable bonds is 8. The molecule has 1 radical (unpaired) electrons. The summed E-state index contributed by atoms with van der Waals surface area (Å²) in [6, 6.07) is 35.3. The van der Waals surface area contributed by atoms with Crippen LogP contribution in [0.2, 0.25) is 0 Å². The zero-order valence-corrected chi connectivity index (χ0v) is 30.9. The predicted octanol–water partition coefficient (Wildman–Crippen LogP) is 7.97. The topological polar surface area (TPSA) is 71.0 Å². The second-order valence-corrected chi connectivity index (χ2v) is 12.1. The Morgan fingerprint density at radius 3 is 1.68 bits per heavy atom. The minimum atomic E-state index is -0.696. The third kappa shape index (κ3) is 7.35. The maximum atomic E-state index is 13.7. The molecule has 3 aliphatic rings. The number of para-hydroxylation sites is 2. The second-order valence-electron chi connectivity index (χ2n) is 12.1. The van der Waals surface area contributed by atoms with Gasteiger partial charge in [-0.15, -0.1) is 30.2 Å². The fraction of sp³-hybridized carbons (Fsp3) is 0.125. The van der Waals surface area contributed by atoms with Gasteiger partial charge in [-0.25, -0.2) is 19.9 Å². The fourth-order valence-corrected chi connectivity index (χ4v) is 6.26. The minimum Gasteiger partial charge on any atom is -0.500 e. The Bertz CT molecular complexity index is 2050. The molecule has 0 amide bonds. The Balaban J connectivity index is 0.000000194. The van der Waals surface area contributed by atoms with E-state index in [1.807, 2.05) is 60.9 Å². The van der Waals surface area contributed by atoms with Gasteiger partial charge in [-0.2, -0.15) is 80.1 Å². The number of nitrogens with zero attached hydrogens (tertiary/aromatic N) is 10. The van der Waals surface area contributed by atoms with Gasteiger partial charge in [-0.3, -0.25) is 8.78 Å². The molecule has 0 atom stereocenters. The van der Waals surface area contributed by atoms with Crippen LogP contribution in [0.4, 0.5) is 60.5 Å². The molecule has 271 valence electrons. The molecule has 9 rings (SSSR count). The van der Waals surface area contributed by atoms with Gasteiger partial charge in [0.2, 0.25) is 0 Å². The van der Waals surface area contributed by atoms with Crippen molar-refractivity contribution in [2.75, 3.05) is 49.5 Å². The first-order chi connectivity index (χ1) is 25.5. The summed E-state index contributed by atoms with van der Waals surface area (Å²) in [4.78, 5) is 29.5. The molecule has 3 aliphatic heterocycles. The van der Waals surface area contributed by atoms with Crippen molar-refractivity contribution in [1.29, 1.82) is 0 Å². The van der Waals surface area contributed by atoms with E-state index in [1.54, 1.807) is 24.8 Å². The van der Waals surface area contributed by atoms with Crippen molar-refractivity contribution < 1.29 is 28.9 Å². The zero-order valence-electron chi connectivity index (χ0n) is 28.5. The van der Waals surface area contributed by atoms with Gasteiger partial charge in [-0.05, 0) is 57.2 Å². The molecule has 0 saturated heterocycles. The molecule has 6 aromatic rings. The Hall–Kier alpha value is -5.65. The van der Waals surface area contributed by atoms with Crippen molar-refractivity contribution in [1.82, 2.24) is 19.9 Å². The van der Waals surface area contributed by atoms with Crippen molar-refractivity contribution in [2.24, 2.45) is 0 Å². The molecule has 13 heteroatoms. The minimum absolute atomic E-state index is 0. The molecule has 6 heterocycles. The Morgan fingerprint density at radius 1 is 0.604 bits per heavy atom. The van der Waals surface area contributed by atoms with Gasteiger partial charge < -0.3 is 29.4 Å². The van der Waals surface area contributed by atoms with Crippen LogP contribution in [0.5, 0.6) is 0 Å². The summed E-state index contributed by atoms with van der Waals surface area (Å²) in [7, 11) is 1.77. The van der Waals surface area contributed by atoms with Crippen molar-refractivity contribution in [3.05, 3.63) is 160 Å². The molecule has 0 fully saturated rings. The summed E-state index contributed by atoms with van der Waals surface area (Å²) in [5.41, 5.74) is 4.38. The summed E-state index contributed by atoms with van der Waals surface area (Å²) in [6.45, 7) is 7.74. The van der Waals surface area contributed by atoms with Crippen molar-refractivity contribution in [3.8, 4) is 0 Å². The van der Waals surface area contributed by atoms with E-state index in [4.69, 9.17) is 0 Å². The van der Waals surface area contributed by atoms with E-state index in [0.717, 1.165) is 72.4 Å². The van der Waals surface area contributed by atoms with E-state index in [2.05, 4.69) is 95.3 Å². The van der Waals surface area contributed by atoms with Crippen LogP contribution >= 0.6 is 0 Å². The summed E-state index contributed by atoms with van der Waals surface area (Å²) < 4.78 is 26.6. The van der Waals surface area contributed by atoms with Crippen LogP contribution in [-0.4, -0.2) is 40.1 Å². The quantitative estimate of drug-likeness (QED) is 0.111. The first-order valence-electron chi connectivity index (χ1n) is 16.7. The largest absolute Gasteiger partial charge is 0.500 e. The Kier molecular flexibility index (Phi) is 10.7. The third-order valence-corrected chi connectivity index (χ3v) is 8.66. The number of pyridine rings is 2. The number of aromatic nitrogens is 4. The first-order valence-corrected chi connectivity index (χ1v) is 16.7. The van der Waals surface area contributed by atoms with Crippen LogP contribution in [0.15, 0.2) is 110 Å². The molecular formula is C40H32F2IrN10-6. The van der Waals surface area contributed by atoms with E-state index in [-0.39, 0.29) is 25.8 Å². The molecule has 10 nitrogen and oxygen atoms in total. The Labute approximate surface area is 321 Å². The van der Waals surface area contributed by atoms with Gasteiger partial charge in [0, 0.05) is 67.9 Å². The van der Waals surface area contributed by atoms with Crippen molar-refractivity contribution in [3.63, 3.8) is 0 Å². The molecule has 3 aromatic carbocycles. The van der Waals surface area contributed by atoms with Crippen LogP contribution in [0.3, 0.4) is 0 Å². The van der Waals surface area contributed by atoms with E-state index in [9.17, 15) is 8.78 Å². The predicted molar refractivity (Wildman–Crippen MR) is 198 cm³/mol. The number of unbranched alkanes of at least 4 members (excludes halogenated alkanes) is 1. The van der Waals surface area contributed by atoms with Crippen LogP contribution in [0, 0.1) is 49.8 Å². The standard InChI is InChI=1S/C28H24N6.C12H8F2N4.Ir/c1-3-11-23(12-4-1)33-21-31(25-15-9-17-29-27(25)33)19-7-8-20-32-22-34(24-13-5-2-6-14-24)28-26(32)16-10-18-30-28;1-17-7-18(12-11(17)15-4-5-16-12)10-3-2-8(13)6-9(10)14;/h1-6,9-11,13,15-18,21-22H,7-8,19-20H2;2,4-7H,1H3;/q-4;-2;. The van der Waals surface area contributed by atoms with Crippen LogP contribution in [-0.2, 0) is 20.1 Å². The smallest absolute Gasteiger partial charge is 0.144 e. The van der Waals surface area contributed by atoms with E-state index >= 15 is 0 Å². The summed E-state index contributed by atoms with van der Waals surface area (Å²) in [6.07, 6.45) is 8.86. The molecule has 3 aromatic heterocycles. The number of anilines is 9. The third-order valence-electron chi connectivity index (χ3n) is 8.66. The van der Waals surface area contributed by atoms with Crippen LogP contribution in [0.25, 0.3) is 0 Å². The van der Waals surface area contributed by atoms with Crippen LogP contribution < -0.4 is 29.4 Å². The number of hydrogen-bond acceptors (Lipinski definition) is 10. The molecule has 0 spiro atoms. The molecule has 0 unspecified atom stereocenters. The maximum absolute atomic E-state index is 13.7. The van der Waals surface area contributed by atoms with Gasteiger partial charge >= 0.3 is 0 Å². The number of benzene rings is 3. The summed E-state index contributed by atoms with van der Waals surface area (Å²) in [5.74, 6) is 1.64. The van der Waals surface area contributed by atoms with Gasteiger partial charge in [0.15, 0.2) is 0 Å². The Morgan fingerprint density at radius 2 is 1.15 bits per heavy atom. The number of fused-ring (bicyclic) bond motifs is 3. The first kappa shape index (κ1) is 35.7. The van der Waals surface area contributed by atoms with E-state index < -0.39 is 11.6 Å². The van der Waals surface area contributed by atoms with Crippen molar-refractivity contribution >= 4 is 51.7 Å². The molecule has 0 saturated carbocycles. The molecule has 0 bridgehead atoms. The van der Waals surface area contributed by atoms with Gasteiger partial charge in [-0.1, -0.05) is 5.69 Å².